The van der Waals surface area contributed by atoms with Gasteiger partial charge in [0, 0.05) is 10.0 Å². The van der Waals surface area contributed by atoms with Gasteiger partial charge >= 0.3 is 0 Å². The highest BCUT2D eigenvalue weighted by atomic mass is 35.5. The van der Waals surface area contributed by atoms with Gasteiger partial charge < -0.3 is 10.5 Å². The van der Waals surface area contributed by atoms with Crippen molar-refractivity contribution in [3.05, 3.63) is 64.1 Å². The summed E-state index contributed by atoms with van der Waals surface area (Å²) in [5.74, 6) is 0.715. The molecule has 2 rings (SSSR count). The number of rotatable bonds is 4. The summed E-state index contributed by atoms with van der Waals surface area (Å²) in [7, 11) is 0. The Labute approximate surface area is 116 Å². The number of hydrogen-bond donors (Lipinski definition) is 1. The average molecular weight is 282 g/mol. The highest BCUT2D eigenvalue weighted by Crippen LogP contribution is 2.19. The van der Waals surface area contributed by atoms with Crippen LogP contribution < -0.4 is 10.5 Å². The van der Waals surface area contributed by atoms with E-state index in [9.17, 15) is 0 Å². The Balaban J connectivity index is 1.96. The van der Waals surface area contributed by atoms with Crippen LogP contribution >= 0.6 is 23.2 Å². The molecule has 2 aromatic rings. The molecule has 0 bridgehead atoms. The fourth-order valence-electron chi connectivity index (χ4n) is 1.55. The van der Waals surface area contributed by atoms with Crippen LogP contribution in [-0.4, -0.2) is 6.61 Å². The third-order valence-electron chi connectivity index (χ3n) is 2.52. The SMILES string of the molecule is NC(COc1cccc(Cl)c1)c1ccc(Cl)cc1. The van der Waals surface area contributed by atoms with Gasteiger partial charge in [-0.05, 0) is 35.9 Å². The second-order valence-electron chi connectivity index (χ2n) is 3.93. The third-order valence-corrected chi connectivity index (χ3v) is 3.01. The second-order valence-corrected chi connectivity index (χ2v) is 4.80. The molecule has 4 heteroatoms. The molecule has 0 aliphatic heterocycles. The Morgan fingerprint density at radius 1 is 1.00 bits per heavy atom. The molecule has 0 spiro atoms. The van der Waals surface area contributed by atoms with Gasteiger partial charge in [-0.1, -0.05) is 41.4 Å². The second kappa shape index (κ2) is 6.10. The predicted octanol–water partition coefficient (Wildman–Crippen LogP) is 4.07. The number of benzene rings is 2. The first kappa shape index (κ1) is 13.2. The summed E-state index contributed by atoms with van der Waals surface area (Å²) < 4.78 is 5.59. The lowest BCUT2D eigenvalue weighted by molar-refractivity contribution is 0.290. The highest BCUT2D eigenvalue weighted by molar-refractivity contribution is 6.30. The van der Waals surface area contributed by atoms with Crippen molar-refractivity contribution in [3.63, 3.8) is 0 Å². The van der Waals surface area contributed by atoms with E-state index in [-0.39, 0.29) is 6.04 Å². The van der Waals surface area contributed by atoms with Gasteiger partial charge in [-0.15, -0.1) is 0 Å². The zero-order valence-corrected chi connectivity index (χ0v) is 11.2. The van der Waals surface area contributed by atoms with Crippen molar-refractivity contribution in [3.8, 4) is 5.75 Å². The summed E-state index contributed by atoms with van der Waals surface area (Å²) >= 11 is 11.7. The lowest BCUT2D eigenvalue weighted by Gasteiger charge is -2.13. The van der Waals surface area contributed by atoms with Gasteiger partial charge in [0.1, 0.15) is 12.4 Å². The van der Waals surface area contributed by atoms with Gasteiger partial charge in [0.05, 0.1) is 6.04 Å². The maximum Gasteiger partial charge on any atom is 0.120 e. The van der Waals surface area contributed by atoms with Crippen LogP contribution in [0.1, 0.15) is 11.6 Å². The van der Waals surface area contributed by atoms with E-state index in [4.69, 9.17) is 33.7 Å². The molecule has 0 aliphatic carbocycles. The molecule has 0 aromatic heterocycles. The van der Waals surface area contributed by atoms with Crippen molar-refractivity contribution in [2.75, 3.05) is 6.61 Å². The Morgan fingerprint density at radius 3 is 2.39 bits per heavy atom. The molecule has 1 atom stereocenters. The molecular formula is C14H13Cl2NO. The number of hydrogen-bond acceptors (Lipinski definition) is 2. The number of ether oxygens (including phenoxy) is 1. The standard InChI is InChI=1S/C14H13Cl2NO/c15-11-6-4-10(5-7-11)14(17)9-18-13-3-1-2-12(16)8-13/h1-8,14H,9,17H2. The first-order valence-corrected chi connectivity index (χ1v) is 6.30. The van der Waals surface area contributed by atoms with E-state index in [2.05, 4.69) is 0 Å². The average Bonchev–Trinajstić information content (AvgIpc) is 2.37. The molecule has 94 valence electrons. The minimum absolute atomic E-state index is 0.193. The molecule has 0 saturated carbocycles. The quantitative estimate of drug-likeness (QED) is 0.917. The van der Waals surface area contributed by atoms with Crippen LogP contribution in [0.2, 0.25) is 10.0 Å². The van der Waals surface area contributed by atoms with E-state index in [1.165, 1.54) is 0 Å². The van der Waals surface area contributed by atoms with Crippen LogP contribution in [0, 0.1) is 0 Å². The minimum atomic E-state index is -0.193. The van der Waals surface area contributed by atoms with Gasteiger partial charge in [0.15, 0.2) is 0 Å². The van der Waals surface area contributed by atoms with Gasteiger partial charge in [0.25, 0.3) is 0 Å². The van der Waals surface area contributed by atoms with Crippen LogP contribution in [0.3, 0.4) is 0 Å². The van der Waals surface area contributed by atoms with E-state index >= 15 is 0 Å². The number of nitrogens with two attached hydrogens (primary N) is 1. The Bertz CT molecular complexity index is 513. The van der Waals surface area contributed by atoms with Gasteiger partial charge in [-0.3, -0.25) is 0 Å². The molecule has 0 aliphatic rings. The smallest absolute Gasteiger partial charge is 0.120 e. The summed E-state index contributed by atoms with van der Waals surface area (Å²) in [5, 5.41) is 1.34. The van der Waals surface area contributed by atoms with Crippen LogP contribution in [0.4, 0.5) is 0 Å². The first-order valence-electron chi connectivity index (χ1n) is 5.54. The first-order chi connectivity index (χ1) is 8.65. The van der Waals surface area contributed by atoms with Crippen LogP contribution in [0.25, 0.3) is 0 Å². The molecule has 2 nitrogen and oxygen atoms in total. The molecule has 2 N–H and O–H groups in total. The summed E-state index contributed by atoms with van der Waals surface area (Å²) in [4.78, 5) is 0. The third kappa shape index (κ3) is 3.64. The van der Waals surface area contributed by atoms with Gasteiger partial charge in [-0.2, -0.15) is 0 Å². The molecular weight excluding hydrogens is 269 g/mol. The monoisotopic (exact) mass is 281 g/mol. The van der Waals surface area contributed by atoms with Crippen LogP contribution in [0.15, 0.2) is 48.5 Å². The fourth-order valence-corrected chi connectivity index (χ4v) is 1.86. The number of halogens is 2. The summed E-state index contributed by atoms with van der Waals surface area (Å²) in [6.45, 7) is 0.391. The molecule has 2 aromatic carbocycles. The van der Waals surface area contributed by atoms with Crippen LogP contribution in [-0.2, 0) is 0 Å². The molecule has 0 radical (unpaired) electrons. The Hall–Kier alpha value is -1.22. The molecule has 1 unspecified atom stereocenters. The molecule has 0 saturated heterocycles. The Kier molecular flexibility index (Phi) is 4.48. The molecule has 0 heterocycles. The maximum atomic E-state index is 6.03. The van der Waals surface area contributed by atoms with Crippen molar-refractivity contribution in [2.24, 2.45) is 5.73 Å². The van der Waals surface area contributed by atoms with Gasteiger partial charge in [-0.25, -0.2) is 0 Å². The normalized spacial score (nSPS) is 12.2. The Morgan fingerprint density at radius 2 is 1.72 bits per heavy atom. The summed E-state index contributed by atoms with van der Waals surface area (Å²) in [6, 6.07) is 14.5. The summed E-state index contributed by atoms with van der Waals surface area (Å²) in [6.07, 6.45) is 0. The van der Waals surface area contributed by atoms with Crippen LogP contribution in [0.5, 0.6) is 5.75 Å². The zero-order chi connectivity index (χ0) is 13.0. The van der Waals surface area contributed by atoms with Gasteiger partial charge in [0.2, 0.25) is 0 Å². The lowest BCUT2D eigenvalue weighted by atomic mass is 10.1. The largest absolute Gasteiger partial charge is 0.492 e. The van der Waals surface area contributed by atoms with Crippen molar-refractivity contribution in [1.29, 1.82) is 0 Å². The topological polar surface area (TPSA) is 35.2 Å². The van der Waals surface area contributed by atoms with E-state index in [1.807, 2.05) is 36.4 Å². The lowest BCUT2D eigenvalue weighted by Crippen LogP contribution is -2.18. The van der Waals surface area contributed by atoms with Crippen molar-refractivity contribution in [1.82, 2.24) is 0 Å². The van der Waals surface area contributed by atoms with Crippen molar-refractivity contribution >= 4 is 23.2 Å². The van der Waals surface area contributed by atoms with Crippen molar-refractivity contribution < 1.29 is 4.74 Å². The van der Waals surface area contributed by atoms with E-state index in [1.54, 1.807) is 12.1 Å². The molecule has 0 fully saturated rings. The summed E-state index contributed by atoms with van der Waals surface area (Å²) in [5.41, 5.74) is 7.02. The minimum Gasteiger partial charge on any atom is -0.492 e. The van der Waals surface area contributed by atoms with E-state index in [0.29, 0.717) is 22.4 Å². The zero-order valence-electron chi connectivity index (χ0n) is 9.64. The fraction of sp³-hybridized carbons (Fsp3) is 0.143. The predicted molar refractivity (Wildman–Crippen MR) is 75.3 cm³/mol. The molecule has 0 amide bonds. The highest BCUT2D eigenvalue weighted by Gasteiger charge is 2.07. The molecule has 18 heavy (non-hydrogen) atoms. The van der Waals surface area contributed by atoms with E-state index < -0.39 is 0 Å². The van der Waals surface area contributed by atoms with E-state index in [0.717, 1.165) is 5.56 Å². The van der Waals surface area contributed by atoms with Crippen molar-refractivity contribution in [2.45, 2.75) is 6.04 Å². The maximum absolute atomic E-state index is 6.03.